The number of rotatable bonds is 0. The lowest BCUT2D eigenvalue weighted by Gasteiger charge is -2.02. The summed E-state index contributed by atoms with van der Waals surface area (Å²) in [6.07, 6.45) is -1.06. The first-order valence-electron chi connectivity index (χ1n) is 2.75. The molecular formula is C5H11NO2. The second-order valence-electron chi connectivity index (χ2n) is 2.36. The molecule has 1 rings (SSSR count). The van der Waals surface area contributed by atoms with Gasteiger partial charge in [0.15, 0.2) is 0 Å². The van der Waals surface area contributed by atoms with Crippen LogP contribution in [-0.4, -0.2) is 47.5 Å². The maximum atomic E-state index is 8.88. The molecule has 0 radical (unpaired) electrons. The van der Waals surface area contributed by atoms with E-state index in [0.29, 0.717) is 13.1 Å². The summed E-state index contributed by atoms with van der Waals surface area (Å²) in [6, 6.07) is 0. The van der Waals surface area contributed by atoms with Crippen LogP contribution in [0.1, 0.15) is 0 Å². The van der Waals surface area contributed by atoms with Crippen LogP contribution in [0.25, 0.3) is 0 Å². The minimum atomic E-state index is -0.528. The predicted molar refractivity (Wildman–Crippen MR) is 29.5 cm³/mol. The van der Waals surface area contributed by atoms with Crippen molar-refractivity contribution in [1.29, 1.82) is 0 Å². The van der Waals surface area contributed by atoms with Gasteiger partial charge in [-0.1, -0.05) is 0 Å². The van der Waals surface area contributed by atoms with E-state index in [1.807, 2.05) is 11.9 Å². The van der Waals surface area contributed by atoms with Crippen molar-refractivity contribution in [2.75, 3.05) is 20.1 Å². The molecular weight excluding hydrogens is 106 g/mol. The Balaban J connectivity index is 2.39. The first-order chi connectivity index (χ1) is 3.70. The van der Waals surface area contributed by atoms with E-state index < -0.39 is 12.2 Å². The summed E-state index contributed by atoms with van der Waals surface area (Å²) in [5, 5.41) is 17.8. The summed E-state index contributed by atoms with van der Waals surface area (Å²) in [4.78, 5) is 1.90. The summed E-state index contributed by atoms with van der Waals surface area (Å²) < 4.78 is 0. The number of aliphatic hydroxyl groups is 2. The van der Waals surface area contributed by atoms with E-state index in [-0.39, 0.29) is 0 Å². The van der Waals surface area contributed by atoms with Crippen molar-refractivity contribution in [3.05, 3.63) is 0 Å². The Morgan fingerprint density at radius 2 is 1.62 bits per heavy atom. The van der Waals surface area contributed by atoms with Crippen LogP contribution in [-0.2, 0) is 0 Å². The molecule has 1 unspecified atom stereocenters. The normalized spacial score (nSPS) is 40.9. The molecule has 2 N–H and O–H groups in total. The zero-order valence-electron chi connectivity index (χ0n) is 4.91. The lowest BCUT2D eigenvalue weighted by Crippen LogP contribution is -2.22. The number of nitrogens with zero attached hydrogens (tertiary/aromatic N) is 1. The Labute approximate surface area is 48.5 Å². The van der Waals surface area contributed by atoms with Gasteiger partial charge in [-0.15, -0.1) is 0 Å². The van der Waals surface area contributed by atoms with Crippen LogP contribution in [0.3, 0.4) is 0 Å². The largest absolute Gasteiger partial charge is 0.389 e. The van der Waals surface area contributed by atoms with Gasteiger partial charge in [-0.3, -0.25) is 0 Å². The van der Waals surface area contributed by atoms with Crippen LogP contribution in [0, 0.1) is 0 Å². The molecule has 3 heteroatoms. The molecule has 3 nitrogen and oxygen atoms in total. The van der Waals surface area contributed by atoms with E-state index >= 15 is 0 Å². The quantitative estimate of drug-likeness (QED) is 0.412. The van der Waals surface area contributed by atoms with Gasteiger partial charge < -0.3 is 15.1 Å². The molecule has 2 atom stereocenters. The van der Waals surface area contributed by atoms with Gasteiger partial charge in [0.25, 0.3) is 0 Å². The molecule has 48 valence electrons. The van der Waals surface area contributed by atoms with E-state index in [9.17, 15) is 0 Å². The third-order valence-electron chi connectivity index (χ3n) is 1.44. The van der Waals surface area contributed by atoms with Crippen LogP contribution in [0.2, 0.25) is 0 Å². The molecule has 1 saturated heterocycles. The average molecular weight is 117 g/mol. The maximum absolute atomic E-state index is 8.88. The molecule has 0 aromatic carbocycles. The van der Waals surface area contributed by atoms with Crippen LogP contribution in [0.5, 0.6) is 0 Å². The molecule has 8 heavy (non-hydrogen) atoms. The van der Waals surface area contributed by atoms with E-state index in [1.165, 1.54) is 0 Å². The van der Waals surface area contributed by atoms with Crippen LogP contribution in [0.15, 0.2) is 0 Å². The smallest absolute Gasteiger partial charge is 0.0938 e. The van der Waals surface area contributed by atoms with Gasteiger partial charge >= 0.3 is 0 Å². The Bertz CT molecular complexity index is 76.5. The Morgan fingerprint density at radius 1 is 1.25 bits per heavy atom. The third kappa shape index (κ3) is 0.992. The molecule has 1 aliphatic rings. The molecule has 0 aromatic rings. The molecule has 0 aliphatic carbocycles. The second kappa shape index (κ2) is 2.01. The van der Waals surface area contributed by atoms with Crippen molar-refractivity contribution >= 4 is 0 Å². The molecule has 0 bridgehead atoms. The molecule has 1 aliphatic heterocycles. The fourth-order valence-electron chi connectivity index (χ4n) is 0.957. The van der Waals surface area contributed by atoms with E-state index in [4.69, 9.17) is 10.2 Å². The number of hydrogen-bond donors (Lipinski definition) is 2. The highest BCUT2D eigenvalue weighted by Crippen LogP contribution is 2.05. The summed E-state index contributed by atoms with van der Waals surface area (Å²) >= 11 is 0. The highest BCUT2D eigenvalue weighted by atomic mass is 16.3. The number of hydrogen-bond acceptors (Lipinski definition) is 3. The van der Waals surface area contributed by atoms with Crippen LogP contribution < -0.4 is 0 Å². The summed E-state index contributed by atoms with van der Waals surface area (Å²) in [7, 11) is 1.87. The SMILES string of the molecule is CN1CC(O)[C@H](O)C1. The van der Waals surface area contributed by atoms with E-state index in [2.05, 4.69) is 0 Å². The van der Waals surface area contributed by atoms with Gasteiger partial charge in [0.05, 0.1) is 12.2 Å². The number of β-amino-alcohol motifs (C(OH)–C–C–N with tert-alkyl or cyclic N) is 2. The Morgan fingerprint density at radius 3 is 1.75 bits per heavy atom. The maximum Gasteiger partial charge on any atom is 0.0938 e. The fourth-order valence-corrected chi connectivity index (χ4v) is 0.957. The average Bonchev–Trinajstić information content (AvgIpc) is 1.85. The van der Waals surface area contributed by atoms with E-state index in [0.717, 1.165) is 0 Å². The minimum Gasteiger partial charge on any atom is -0.389 e. The van der Waals surface area contributed by atoms with Gasteiger partial charge in [-0.05, 0) is 7.05 Å². The van der Waals surface area contributed by atoms with Gasteiger partial charge in [0, 0.05) is 13.1 Å². The van der Waals surface area contributed by atoms with Crippen LogP contribution >= 0.6 is 0 Å². The molecule has 1 fully saturated rings. The van der Waals surface area contributed by atoms with Gasteiger partial charge in [0.1, 0.15) is 0 Å². The first-order valence-corrected chi connectivity index (χ1v) is 2.75. The van der Waals surface area contributed by atoms with Crippen molar-refractivity contribution in [2.45, 2.75) is 12.2 Å². The molecule has 0 spiro atoms. The molecule has 1 heterocycles. The van der Waals surface area contributed by atoms with Crippen molar-refractivity contribution in [3.8, 4) is 0 Å². The van der Waals surface area contributed by atoms with E-state index in [1.54, 1.807) is 0 Å². The zero-order chi connectivity index (χ0) is 6.15. The summed E-state index contributed by atoms with van der Waals surface area (Å²) in [5.74, 6) is 0. The lowest BCUT2D eigenvalue weighted by molar-refractivity contribution is 0.0572. The van der Waals surface area contributed by atoms with Gasteiger partial charge in [-0.25, -0.2) is 0 Å². The predicted octanol–water partition coefficient (Wildman–Crippen LogP) is -1.35. The first kappa shape index (κ1) is 6.01. The Hall–Kier alpha value is -0.120. The number of aliphatic hydroxyl groups excluding tert-OH is 2. The number of likely N-dealkylation sites (tertiary alicyclic amines) is 1. The molecule has 0 aromatic heterocycles. The minimum absolute atomic E-state index is 0.528. The Kier molecular flexibility index (Phi) is 1.51. The summed E-state index contributed by atoms with van der Waals surface area (Å²) in [6.45, 7) is 1.20. The van der Waals surface area contributed by atoms with Gasteiger partial charge in [-0.2, -0.15) is 0 Å². The second-order valence-corrected chi connectivity index (χ2v) is 2.36. The standard InChI is InChI=1S/C5H11NO2/c1-6-2-4(7)5(8)3-6/h4-5,7-8H,2-3H2,1H3/t4-,5?/m1/s1. The third-order valence-corrected chi connectivity index (χ3v) is 1.44. The van der Waals surface area contributed by atoms with Gasteiger partial charge in [0.2, 0.25) is 0 Å². The lowest BCUT2D eigenvalue weighted by atomic mass is 10.3. The number of likely N-dealkylation sites (N-methyl/N-ethyl adjacent to an activating group) is 1. The molecule has 0 saturated carbocycles. The summed E-state index contributed by atoms with van der Waals surface area (Å²) in [5.41, 5.74) is 0. The van der Waals surface area contributed by atoms with Crippen molar-refractivity contribution in [1.82, 2.24) is 4.90 Å². The fraction of sp³-hybridized carbons (Fsp3) is 1.00. The van der Waals surface area contributed by atoms with Crippen LogP contribution in [0.4, 0.5) is 0 Å². The highest BCUT2D eigenvalue weighted by molar-refractivity contribution is 4.80. The van der Waals surface area contributed by atoms with Crippen molar-refractivity contribution in [3.63, 3.8) is 0 Å². The highest BCUT2D eigenvalue weighted by Gasteiger charge is 2.26. The van der Waals surface area contributed by atoms with Crippen molar-refractivity contribution in [2.24, 2.45) is 0 Å². The monoisotopic (exact) mass is 117 g/mol. The van der Waals surface area contributed by atoms with Crippen molar-refractivity contribution < 1.29 is 10.2 Å². The zero-order valence-corrected chi connectivity index (χ0v) is 4.91. The molecule has 0 amide bonds. The topological polar surface area (TPSA) is 43.7 Å².